The molecule has 0 bridgehead atoms. The maximum atomic E-state index is 10.5. The van der Waals surface area contributed by atoms with Gasteiger partial charge < -0.3 is 24.8 Å². The van der Waals surface area contributed by atoms with Gasteiger partial charge in [-0.25, -0.2) is 4.18 Å². The van der Waals surface area contributed by atoms with Crippen molar-refractivity contribution in [2.24, 2.45) is 5.92 Å². The molecule has 5 atom stereocenters. The minimum Gasteiger partial charge on any atom is -0.387 e. The van der Waals surface area contributed by atoms with Crippen LogP contribution in [-0.4, -0.2) is 72.2 Å². The SMILES string of the molecule is CC(C)CO[C@@H]1O[C@H](COS(=O)(=O)O)[C@H](O)[C@H](O)[C@H]1O. The van der Waals surface area contributed by atoms with E-state index in [9.17, 15) is 23.7 Å². The molecule has 10 heteroatoms. The molecule has 0 spiro atoms. The predicted molar refractivity (Wildman–Crippen MR) is 65.0 cm³/mol. The lowest BCUT2D eigenvalue weighted by Gasteiger charge is -2.40. The van der Waals surface area contributed by atoms with E-state index in [4.69, 9.17) is 14.0 Å². The molecule has 1 heterocycles. The molecule has 1 saturated heterocycles. The highest BCUT2D eigenvalue weighted by molar-refractivity contribution is 7.80. The number of hydrogen-bond acceptors (Lipinski definition) is 8. The molecule has 9 nitrogen and oxygen atoms in total. The van der Waals surface area contributed by atoms with Crippen LogP contribution < -0.4 is 0 Å². The molecule has 20 heavy (non-hydrogen) atoms. The molecular formula is C10H20O9S. The Morgan fingerprint density at radius 3 is 2.25 bits per heavy atom. The molecule has 120 valence electrons. The average molecular weight is 316 g/mol. The lowest BCUT2D eigenvalue weighted by atomic mass is 9.99. The van der Waals surface area contributed by atoms with Crippen molar-refractivity contribution in [3.8, 4) is 0 Å². The van der Waals surface area contributed by atoms with Crippen molar-refractivity contribution in [3.05, 3.63) is 0 Å². The van der Waals surface area contributed by atoms with Crippen LogP contribution in [0.4, 0.5) is 0 Å². The third-order valence-electron chi connectivity index (χ3n) is 2.64. The van der Waals surface area contributed by atoms with Crippen molar-refractivity contribution in [1.82, 2.24) is 0 Å². The zero-order valence-electron chi connectivity index (χ0n) is 11.1. The first kappa shape index (κ1) is 17.7. The Morgan fingerprint density at radius 1 is 1.15 bits per heavy atom. The number of aliphatic hydroxyl groups excluding tert-OH is 3. The molecule has 0 aromatic rings. The van der Waals surface area contributed by atoms with E-state index in [1.165, 1.54) is 0 Å². The van der Waals surface area contributed by atoms with Gasteiger partial charge in [0.1, 0.15) is 24.4 Å². The van der Waals surface area contributed by atoms with Crippen LogP contribution in [0.25, 0.3) is 0 Å². The Balaban J connectivity index is 2.65. The molecule has 0 unspecified atom stereocenters. The summed E-state index contributed by atoms with van der Waals surface area (Å²) in [6.07, 6.45) is -7.15. The molecular weight excluding hydrogens is 296 g/mol. The normalized spacial score (nSPS) is 35.5. The van der Waals surface area contributed by atoms with Gasteiger partial charge in [0.25, 0.3) is 0 Å². The maximum Gasteiger partial charge on any atom is 0.397 e. The largest absolute Gasteiger partial charge is 0.397 e. The van der Waals surface area contributed by atoms with Gasteiger partial charge in [-0.1, -0.05) is 13.8 Å². The topological polar surface area (TPSA) is 143 Å². The van der Waals surface area contributed by atoms with E-state index < -0.39 is 47.7 Å². The first-order valence-corrected chi connectivity index (χ1v) is 7.41. The number of aliphatic hydroxyl groups is 3. The highest BCUT2D eigenvalue weighted by Crippen LogP contribution is 2.23. The van der Waals surface area contributed by atoms with E-state index in [1.807, 2.05) is 13.8 Å². The summed E-state index contributed by atoms with van der Waals surface area (Å²) in [5, 5.41) is 29.0. The predicted octanol–water partition coefficient (Wildman–Crippen LogP) is -1.71. The van der Waals surface area contributed by atoms with E-state index in [-0.39, 0.29) is 12.5 Å². The zero-order valence-corrected chi connectivity index (χ0v) is 11.9. The van der Waals surface area contributed by atoms with Gasteiger partial charge in [-0.15, -0.1) is 0 Å². The molecule has 0 amide bonds. The summed E-state index contributed by atoms with van der Waals surface area (Å²) in [4.78, 5) is 0. The molecule has 4 N–H and O–H groups in total. The second kappa shape index (κ2) is 7.09. The maximum absolute atomic E-state index is 10.5. The van der Waals surface area contributed by atoms with Crippen LogP contribution in [0.1, 0.15) is 13.8 Å². The van der Waals surface area contributed by atoms with E-state index in [2.05, 4.69) is 4.18 Å². The number of ether oxygens (including phenoxy) is 2. The van der Waals surface area contributed by atoms with Crippen molar-refractivity contribution in [1.29, 1.82) is 0 Å². The lowest BCUT2D eigenvalue weighted by Crippen LogP contribution is -2.59. The summed E-state index contributed by atoms with van der Waals surface area (Å²) in [6.45, 7) is 3.24. The Kier molecular flexibility index (Phi) is 6.28. The summed E-state index contributed by atoms with van der Waals surface area (Å²) >= 11 is 0. The lowest BCUT2D eigenvalue weighted by molar-refractivity contribution is -0.301. The van der Waals surface area contributed by atoms with Gasteiger partial charge in [-0.3, -0.25) is 4.55 Å². The van der Waals surface area contributed by atoms with E-state index >= 15 is 0 Å². The number of rotatable bonds is 6. The quantitative estimate of drug-likeness (QED) is 0.421. The molecule has 0 aromatic carbocycles. The molecule has 1 rings (SSSR count). The van der Waals surface area contributed by atoms with E-state index in [0.29, 0.717) is 0 Å². The third-order valence-corrected chi connectivity index (χ3v) is 3.08. The second-order valence-corrected chi connectivity index (χ2v) is 6.05. The first-order valence-electron chi connectivity index (χ1n) is 6.05. The van der Waals surface area contributed by atoms with Gasteiger partial charge >= 0.3 is 10.4 Å². The highest BCUT2D eigenvalue weighted by atomic mass is 32.3. The summed E-state index contributed by atoms with van der Waals surface area (Å²) in [7, 11) is -4.70. The smallest absolute Gasteiger partial charge is 0.387 e. The van der Waals surface area contributed by atoms with Gasteiger partial charge in [0.15, 0.2) is 6.29 Å². The monoisotopic (exact) mass is 316 g/mol. The molecule has 0 aromatic heterocycles. The van der Waals surface area contributed by atoms with Gasteiger partial charge in [0.05, 0.1) is 13.2 Å². The van der Waals surface area contributed by atoms with Crippen LogP contribution in [0.3, 0.4) is 0 Å². The van der Waals surface area contributed by atoms with Crippen LogP contribution in [-0.2, 0) is 24.1 Å². The van der Waals surface area contributed by atoms with Gasteiger partial charge in [-0.05, 0) is 5.92 Å². The Labute approximate surface area is 117 Å². The fourth-order valence-electron chi connectivity index (χ4n) is 1.63. The Bertz CT molecular complexity index is 396. The van der Waals surface area contributed by atoms with Crippen LogP contribution in [0.2, 0.25) is 0 Å². The van der Waals surface area contributed by atoms with Crippen LogP contribution >= 0.6 is 0 Å². The van der Waals surface area contributed by atoms with Crippen molar-refractivity contribution < 1.29 is 41.9 Å². The second-order valence-electron chi connectivity index (χ2n) is 4.95. The number of hydrogen-bond donors (Lipinski definition) is 4. The Morgan fingerprint density at radius 2 is 1.75 bits per heavy atom. The molecule has 0 saturated carbocycles. The first-order chi connectivity index (χ1) is 9.11. The van der Waals surface area contributed by atoms with Crippen molar-refractivity contribution in [3.63, 3.8) is 0 Å². The summed E-state index contributed by atoms with van der Waals surface area (Å²) in [5.74, 6) is 0.141. The summed E-state index contributed by atoms with van der Waals surface area (Å²) in [6, 6.07) is 0. The van der Waals surface area contributed by atoms with Crippen molar-refractivity contribution in [2.75, 3.05) is 13.2 Å². The van der Waals surface area contributed by atoms with Crippen LogP contribution in [0, 0.1) is 5.92 Å². The highest BCUT2D eigenvalue weighted by Gasteiger charge is 2.44. The standard InChI is InChI=1S/C10H20O9S/c1-5(2)3-17-10-9(13)8(12)7(11)6(19-10)4-18-20(14,15)16/h5-13H,3-4H2,1-2H3,(H,14,15,16)/t6-,7+,8+,9-,10-/m1/s1. The molecule has 1 aliphatic rings. The van der Waals surface area contributed by atoms with Gasteiger partial charge in [0.2, 0.25) is 0 Å². The minimum atomic E-state index is -4.70. The molecule has 1 fully saturated rings. The minimum absolute atomic E-state index is 0.141. The molecule has 0 aliphatic carbocycles. The zero-order chi connectivity index (χ0) is 15.5. The van der Waals surface area contributed by atoms with E-state index in [1.54, 1.807) is 0 Å². The van der Waals surface area contributed by atoms with Crippen LogP contribution in [0.5, 0.6) is 0 Å². The molecule has 1 aliphatic heterocycles. The summed E-state index contributed by atoms with van der Waals surface area (Å²) in [5.41, 5.74) is 0. The van der Waals surface area contributed by atoms with Crippen molar-refractivity contribution >= 4 is 10.4 Å². The fraction of sp³-hybridized carbons (Fsp3) is 1.00. The average Bonchev–Trinajstić information content (AvgIpc) is 2.32. The Hall–Kier alpha value is -0.330. The van der Waals surface area contributed by atoms with Gasteiger partial charge in [-0.2, -0.15) is 8.42 Å². The van der Waals surface area contributed by atoms with Crippen LogP contribution in [0.15, 0.2) is 0 Å². The fourth-order valence-corrected chi connectivity index (χ4v) is 1.94. The third kappa shape index (κ3) is 5.22. The molecule has 0 radical (unpaired) electrons. The summed E-state index contributed by atoms with van der Waals surface area (Å²) < 4.78 is 43.9. The van der Waals surface area contributed by atoms with Gasteiger partial charge in [0, 0.05) is 0 Å². The van der Waals surface area contributed by atoms with E-state index in [0.717, 1.165) is 0 Å². The van der Waals surface area contributed by atoms with Crippen molar-refractivity contribution in [2.45, 2.75) is 44.6 Å².